The van der Waals surface area contributed by atoms with Gasteiger partial charge in [0.1, 0.15) is 23.1 Å². The highest BCUT2D eigenvalue weighted by Crippen LogP contribution is 2.51. The fourth-order valence-corrected chi connectivity index (χ4v) is 7.66. The van der Waals surface area contributed by atoms with E-state index in [0.717, 1.165) is 23.0 Å². The van der Waals surface area contributed by atoms with E-state index in [1.54, 1.807) is 6.07 Å². The van der Waals surface area contributed by atoms with Gasteiger partial charge >= 0.3 is 5.97 Å². The van der Waals surface area contributed by atoms with Crippen LogP contribution in [-0.4, -0.2) is 67.1 Å². The van der Waals surface area contributed by atoms with Gasteiger partial charge in [0.25, 0.3) is 0 Å². The number of benzene rings is 2. The predicted molar refractivity (Wildman–Crippen MR) is 145 cm³/mol. The standard InChI is InChI=1S/C27H31F5N2O5S2/c1-16(25(35)36)15-39-22-11-24-21(10-23(22)40-20-12-27(31,32)13-20)34(18-6-4-5-17(28)9-18)14-19(7-8-26(2,29)30)33(3)41(24,37)38/h4-6,9-11,16,19-20H,7-8,12-15H2,1-3H3,(H,35,36)/t16?,19-/m1/s1. The van der Waals surface area contributed by atoms with Gasteiger partial charge in [0.15, 0.2) is 0 Å². The van der Waals surface area contributed by atoms with Crippen LogP contribution in [-0.2, 0) is 14.8 Å². The Bertz CT molecular complexity index is 1390. The first-order valence-electron chi connectivity index (χ1n) is 12.9. The number of alkyl halides is 4. The number of rotatable bonds is 10. The molecule has 2 atom stereocenters. The van der Waals surface area contributed by atoms with Gasteiger partial charge in [-0.1, -0.05) is 6.07 Å². The predicted octanol–water partition coefficient (Wildman–Crippen LogP) is 6.39. The summed E-state index contributed by atoms with van der Waals surface area (Å²) in [5.41, 5.74) is 0.365. The summed E-state index contributed by atoms with van der Waals surface area (Å²) in [5.74, 6) is -8.59. The Balaban J connectivity index is 1.85. The van der Waals surface area contributed by atoms with E-state index in [9.17, 15) is 40.3 Å². The van der Waals surface area contributed by atoms with Crippen LogP contribution in [0, 0.1) is 11.7 Å². The summed E-state index contributed by atoms with van der Waals surface area (Å²) in [6.07, 6.45) is -1.59. The van der Waals surface area contributed by atoms with E-state index in [1.807, 2.05) is 0 Å². The molecule has 0 aromatic heterocycles. The lowest BCUT2D eigenvalue weighted by Gasteiger charge is -2.35. The van der Waals surface area contributed by atoms with Crippen LogP contribution in [0.2, 0.25) is 0 Å². The lowest BCUT2D eigenvalue weighted by atomic mass is 9.94. The topological polar surface area (TPSA) is 87.2 Å². The summed E-state index contributed by atoms with van der Waals surface area (Å²) in [7, 11) is -3.05. The average molecular weight is 623 g/mol. The number of carboxylic acid groups (broad SMARTS) is 1. The van der Waals surface area contributed by atoms with Gasteiger partial charge < -0.3 is 14.7 Å². The molecule has 226 valence electrons. The van der Waals surface area contributed by atoms with Crippen LogP contribution in [0.3, 0.4) is 0 Å². The molecule has 1 N–H and O–H groups in total. The number of sulfonamides is 1. The second kappa shape index (κ2) is 11.6. The van der Waals surface area contributed by atoms with Crippen molar-refractivity contribution >= 4 is 39.1 Å². The van der Waals surface area contributed by atoms with Crippen LogP contribution in [0.4, 0.5) is 33.3 Å². The summed E-state index contributed by atoms with van der Waals surface area (Å²) >= 11 is 1.05. The first-order valence-corrected chi connectivity index (χ1v) is 15.3. The number of fused-ring (bicyclic) bond motifs is 1. The lowest BCUT2D eigenvalue weighted by molar-refractivity contribution is -0.142. The van der Waals surface area contributed by atoms with E-state index in [0.29, 0.717) is 4.90 Å². The molecule has 2 aromatic carbocycles. The van der Waals surface area contributed by atoms with E-state index in [2.05, 4.69) is 0 Å². The molecule has 1 aliphatic carbocycles. The molecule has 2 aromatic rings. The highest BCUT2D eigenvalue weighted by Gasteiger charge is 2.46. The van der Waals surface area contributed by atoms with E-state index in [1.165, 1.54) is 49.2 Å². The third kappa shape index (κ3) is 7.26. The molecule has 41 heavy (non-hydrogen) atoms. The van der Waals surface area contributed by atoms with Crippen molar-refractivity contribution in [2.45, 2.75) is 72.5 Å². The molecule has 14 heteroatoms. The molecule has 0 spiro atoms. The molecular weight excluding hydrogens is 591 g/mol. The number of aliphatic carboxylic acids is 1. The summed E-state index contributed by atoms with van der Waals surface area (Å²) in [6.45, 7) is 1.73. The smallest absolute Gasteiger partial charge is 0.309 e. The number of anilines is 2. The normalized spacial score (nSPS) is 21.5. The van der Waals surface area contributed by atoms with Gasteiger partial charge in [-0.3, -0.25) is 4.79 Å². The first-order chi connectivity index (χ1) is 19.0. The Morgan fingerprint density at radius 1 is 1.24 bits per heavy atom. The minimum Gasteiger partial charge on any atom is -0.491 e. The molecule has 4 rings (SSSR count). The van der Waals surface area contributed by atoms with Crippen LogP contribution in [0.25, 0.3) is 0 Å². The van der Waals surface area contributed by atoms with Crippen molar-refractivity contribution in [2.24, 2.45) is 5.92 Å². The lowest BCUT2D eigenvalue weighted by Crippen LogP contribution is -2.41. The molecule has 1 aliphatic heterocycles. The number of likely N-dealkylation sites (N-methyl/N-ethyl adjacent to an activating group) is 1. The van der Waals surface area contributed by atoms with E-state index in [-0.39, 0.29) is 41.6 Å². The van der Waals surface area contributed by atoms with Crippen molar-refractivity contribution in [1.82, 2.24) is 4.31 Å². The summed E-state index contributed by atoms with van der Waals surface area (Å²) in [4.78, 5) is 12.9. The molecule has 1 fully saturated rings. The highest BCUT2D eigenvalue weighted by atomic mass is 32.2. The maximum absolute atomic E-state index is 14.3. The average Bonchev–Trinajstić information content (AvgIpc) is 2.92. The molecule has 2 aliphatic rings. The van der Waals surface area contributed by atoms with Gasteiger partial charge in [-0.2, -0.15) is 4.31 Å². The summed E-state index contributed by atoms with van der Waals surface area (Å²) in [6, 6.07) is 7.10. The number of hydrogen-bond acceptors (Lipinski definition) is 6. The zero-order chi connectivity index (χ0) is 30.3. The Labute approximate surface area is 239 Å². The van der Waals surface area contributed by atoms with Gasteiger partial charge in [0, 0.05) is 55.9 Å². The quantitative estimate of drug-likeness (QED) is 0.307. The zero-order valence-corrected chi connectivity index (χ0v) is 24.3. The van der Waals surface area contributed by atoms with Crippen molar-refractivity contribution in [3.63, 3.8) is 0 Å². The number of nitrogens with zero attached hydrogens (tertiary/aromatic N) is 2. The number of halogens is 5. The zero-order valence-electron chi connectivity index (χ0n) is 22.6. The van der Waals surface area contributed by atoms with Crippen molar-refractivity contribution in [3.8, 4) is 5.75 Å². The molecule has 0 saturated heterocycles. The number of thioether (sulfide) groups is 1. The minimum atomic E-state index is -4.33. The van der Waals surface area contributed by atoms with Gasteiger partial charge in [-0.15, -0.1) is 11.8 Å². The maximum atomic E-state index is 14.3. The van der Waals surface area contributed by atoms with Crippen LogP contribution in [0.5, 0.6) is 5.75 Å². The van der Waals surface area contributed by atoms with Crippen molar-refractivity contribution < 1.29 is 45.0 Å². The van der Waals surface area contributed by atoms with Gasteiger partial charge in [-0.25, -0.2) is 30.4 Å². The Hall–Kier alpha value is -2.58. The van der Waals surface area contributed by atoms with E-state index in [4.69, 9.17) is 4.74 Å². The number of carbonyl (C=O) groups is 1. The van der Waals surface area contributed by atoms with Crippen LogP contribution >= 0.6 is 11.8 Å². The molecule has 1 saturated carbocycles. The summed E-state index contributed by atoms with van der Waals surface area (Å²) in [5, 5.41) is 8.78. The Morgan fingerprint density at radius 2 is 1.93 bits per heavy atom. The van der Waals surface area contributed by atoms with E-state index >= 15 is 0 Å². The fourth-order valence-electron chi connectivity index (χ4n) is 4.67. The van der Waals surface area contributed by atoms with Crippen LogP contribution < -0.4 is 9.64 Å². The van der Waals surface area contributed by atoms with Crippen LogP contribution in [0.1, 0.15) is 39.5 Å². The number of carboxylic acids is 1. The van der Waals surface area contributed by atoms with Crippen LogP contribution in [0.15, 0.2) is 46.2 Å². The second-order valence-electron chi connectivity index (χ2n) is 10.7. The first kappa shape index (κ1) is 31.4. The number of ether oxygens (including phenoxy) is 1. The molecular formula is C27H31F5N2O5S2. The second-order valence-corrected chi connectivity index (χ2v) is 14.0. The largest absolute Gasteiger partial charge is 0.491 e. The van der Waals surface area contributed by atoms with Crippen molar-refractivity contribution in [1.29, 1.82) is 0 Å². The Kier molecular flexibility index (Phi) is 8.87. The van der Waals surface area contributed by atoms with Gasteiger partial charge in [-0.05, 0) is 44.5 Å². The Morgan fingerprint density at radius 3 is 2.51 bits per heavy atom. The SMILES string of the molecule is CC(COc1cc2c(cc1SC1CC(F)(F)C1)N(c1cccc(F)c1)C[C@@H](CCC(C)(F)F)N(C)S2(=O)=O)C(=O)O. The highest BCUT2D eigenvalue weighted by molar-refractivity contribution is 8.00. The molecule has 0 amide bonds. The third-order valence-corrected chi connectivity index (χ3v) is 10.4. The van der Waals surface area contributed by atoms with Crippen molar-refractivity contribution in [2.75, 3.05) is 25.1 Å². The fraction of sp³-hybridized carbons (Fsp3) is 0.519. The van der Waals surface area contributed by atoms with Crippen molar-refractivity contribution in [3.05, 3.63) is 42.2 Å². The number of hydrogen-bond donors (Lipinski definition) is 1. The molecule has 1 heterocycles. The van der Waals surface area contributed by atoms with Gasteiger partial charge in [0.2, 0.25) is 21.9 Å². The third-order valence-electron chi connectivity index (χ3n) is 7.17. The van der Waals surface area contributed by atoms with E-state index < -0.39 is 70.1 Å². The maximum Gasteiger partial charge on any atom is 0.309 e. The minimum absolute atomic E-state index is 0.00762. The molecule has 0 bridgehead atoms. The molecule has 1 unspecified atom stereocenters. The monoisotopic (exact) mass is 622 g/mol. The van der Waals surface area contributed by atoms with Gasteiger partial charge in [0.05, 0.1) is 16.5 Å². The summed E-state index contributed by atoms with van der Waals surface area (Å²) < 4.78 is 104. The molecule has 7 nitrogen and oxygen atoms in total. The molecule has 0 radical (unpaired) electrons.